The Morgan fingerprint density at radius 1 is 1.50 bits per heavy atom. The molecule has 0 aliphatic carbocycles. The van der Waals surface area contributed by atoms with E-state index in [1.54, 1.807) is 11.7 Å². The van der Waals surface area contributed by atoms with Crippen LogP contribution in [0.15, 0.2) is 0 Å². The molecule has 0 bridgehead atoms. The smallest absolute Gasteiger partial charge is 0.150 e. The molecule has 1 aromatic heterocycles. The van der Waals surface area contributed by atoms with Gasteiger partial charge in [0.05, 0.1) is 0 Å². The predicted octanol–water partition coefficient (Wildman–Crippen LogP) is 1.59. The van der Waals surface area contributed by atoms with Crippen molar-refractivity contribution >= 4 is 11.6 Å². The van der Waals surface area contributed by atoms with E-state index in [1.807, 2.05) is 13.8 Å². The van der Waals surface area contributed by atoms with Crippen LogP contribution in [0.2, 0.25) is 5.15 Å². The van der Waals surface area contributed by atoms with Crippen LogP contribution in [-0.4, -0.2) is 15.0 Å². The van der Waals surface area contributed by atoms with E-state index in [1.165, 1.54) is 0 Å². The number of aryl methyl sites for hydroxylation is 1. The topological polar surface area (TPSA) is 30.7 Å². The van der Waals surface area contributed by atoms with Crippen LogP contribution in [0.4, 0.5) is 0 Å². The van der Waals surface area contributed by atoms with Gasteiger partial charge in [-0.05, 0) is 0 Å². The van der Waals surface area contributed by atoms with Gasteiger partial charge in [0.15, 0.2) is 0 Å². The summed E-state index contributed by atoms with van der Waals surface area (Å²) in [4.78, 5) is 0. The molecule has 0 spiro atoms. The summed E-state index contributed by atoms with van der Waals surface area (Å²) in [5, 5.41) is 8.30. The van der Waals surface area contributed by atoms with Crippen molar-refractivity contribution < 1.29 is 0 Å². The molecule has 10 heavy (non-hydrogen) atoms. The quantitative estimate of drug-likeness (QED) is 0.623. The minimum atomic E-state index is 0.348. The van der Waals surface area contributed by atoms with Crippen molar-refractivity contribution in [3.8, 4) is 0 Å². The van der Waals surface area contributed by atoms with Gasteiger partial charge in [-0.3, -0.25) is 0 Å². The minimum Gasteiger partial charge on any atom is -0.237 e. The van der Waals surface area contributed by atoms with Gasteiger partial charge in [-0.2, -0.15) is 0 Å². The van der Waals surface area contributed by atoms with Crippen LogP contribution in [0, 0.1) is 0 Å². The lowest BCUT2D eigenvalue weighted by atomic mass is 10.2. The van der Waals surface area contributed by atoms with Crippen LogP contribution in [0.3, 0.4) is 0 Å². The van der Waals surface area contributed by atoms with Crippen molar-refractivity contribution in [3.63, 3.8) is 0 Å². The second-order valence-corrected chi connectivity index (χ2v) is 2.90. The zero-order valence-corrected chi connectivity index (χ0v) is 7.05. The molecule has 0 atom stereocenters. The predicted molar refractivity (Wildman–Crippen MR) is 40.1 cm³/mol. The molecule has 3 nitrogen and oxygen atoms in total. The van der Waals surface area contributed by atoms with Gasteiger partial charge in [0, 0.05) is 13.0 Å². The zero-order chi connectivity index (χ0) is 7.72. The SMILES string of the molecule is CC(C)c1nnn(C)c1Cl. The van der Waals surface area contributed by atoms with Crippen LogP contribution in [0.25, 0.3) is 0 Å². The molecule has 1 rings (SSSR count). The van der Waals surface area contributed by atoms with Gasteiger partial charge in [-0.1, -0.05) is 30.7 Å². The van der Waals surface area contributed by atoms with Crippen LogP contribution >= 0.6 is 11.6 Å². The summed E-state index contributed by atoms with van der Waals surface area (Å²) in [6.45, 7) is 4.08. The number of halogens is 1. The van der Waals surface area contributed by atoms with E-state index < -0.39 is 0 Å². The first kappa shape index (κ1) is 7.54. The van der Waals surface area contributed by atoms with Crippen LogP contribution < -0.4 is 0 Å². The largest absolute Gasteiger partial charge is 0.237 e. The first-order chi connectivity index (χ1) is 4.63. The Kier molecular flexibility index (Phi) is 1.94. The van der Waals surface area contributed by atoms with Crippen LogP contribution in [-0.2, 0) is 7.05 Å². The Balaban J connectivity index is 3.05. The van der Waals surface area contributed by atoms with Crippen molar-refractivity contribution in [2.75, 3.05) is 0 Å². The minimum absolute atomic E-state index is 0.348. The average Bonchev–Trinajstić information content (AvgIpc) is 2.14. The fourth-order valence-electron chi connectivity index (χ4n) is 0.715. The van der Waals surface area contributed by atoms with Gasteiger partial charge in [0.2, 0.25) is 0 Å². The summed E-state index contributed by atoms with van der Waals surface area (Å²) in [6, 6.07) is 0. The van der Waals surface area contributed by atoms with E-state index in [4.69, 9.17) is 11.6 Å². The molecule has 0 fully saturated rings. The number of aromatic nitrogens is 3. The number of rotatable bonds is 1. The number of hydrogen-bond acceptors (Lipinski definition) is 2. The number of nitrogens with zero attached hydrogens (tertiary/aromatic N) is 3. The average molecular weight is 160 g/mol. The number of hydrogen-bond donors (Lipinski definition) is 0. The summed E-state index contributed by atoms with van der Waals surface area (Å²) >= 11 is 5.84. The highest BCUT2D eigenvalue weighted by atomic mass is 35.5. The fourth-order valence-corrected chi connectivity index (χ4v) is 1.01. The van der Waals surface area contributed by atoms with E-state index in [0.29, 0.717) is 11.1 Å². The third-order valence-electron chi connectivity index (χ3n) is 1.33. The van der Waals surface area contributed by atoms with Gasteiger partial charge in [0.25, 0.3) is 0 Å². The zero-order valence-electron chi connectivity index (χ0n) is 6.30. The van der Waals surface area contributed by atoms with Crippen molar-refractivity contribution in [1.82, 2.24) is 15.0 Å². The molecule has 1 heterocycles. The highest BCUT2D eigenvalue weighted by Gasteiger charge is 2.10. The van der Waals surface area contributed by atoms with E-state index >= 15 is 0 Å². The monoisotopic (exact) mass is 159 g/mol. The molecule has 0 aliphatic rings. The molecule has 4 heteroatoms. The summed E-state index contributed by atoms with van der Waals surface area (Å²) in [7, 11) is 1.78. The fraction of sp³-hybridized carbons (Fsp3) is 0.667. The normalized spacial score (nSPS) is 10.9. The van der Waals surface area contributed by atoms with Gasteiger partial charge in [-0.25, -0.2) is 4.68 Å². The lowest BCUT2D eigenvalue weighted by Crippen LogP contribution is -1.90. The maximum atomic E-state index is 5.84. The van der Waals surface area contributed by atoms with Crippen molar-refractivity contribution in [2.45, 2.75) is 19.8 Å². The van der Waals surface area contributed by atoms with E-state index in [9.17, 15) is 0 Å². The summed E-state index contributed by atoms with van der Waals surface area (Å²) in [5.74, 6) is 0.348. The van der Waals surface area contributed by atoms with Gasteiger partial charge in [0.1, 0.15) is 10.8 Å². The third kappa shape index (κ3) is 1.14. The molecule has 0 radical (unpaired) electrons. The summed E-state index contributed by atoms with van der Waals surface area (Å²) in [5.41, 5.74) is 0.865. The maximum Gasteiger partial charge on any atom is 0.150 e. The van der Waals surface area contributed by atoms with Gasteiger partial charge in [-0.15, -0.1) is 5.10 Å². The first-order valence-corrected chi connectivity index (χ1v) is 3.55. The Hall–Kier alpha value is -0.570. The molecule has 0 amide bonds. The molecular formula is C6H10ClN3. The standard InChI is InChI=1S/C6H10ClN3/c1-4(2)5-6(7)10(3)9-8-5/h4H,1-3H3. The van der Waals surface area contributed by atoms with Gasteiger partial charge >= 0.3 is 0 Å². The van der Waals surface area contributed by atoms with Crippen LogP contribution in [0.5, 0.6) is 0 Å². The van der Waals surface area contributed by atoms with E-state index in [2.05, 4.69) is 10.3 Å². The van der Waals surface area contributed by atoms with Crippen molar-refractivity contribution in [3.05, 3.63) is 10.8 Å². The molecule has 0 saturated heterocycles. The third-order valence-corrected chi connectivity index (χ3v) is 1.77. The Morgan fingerprint density at radius 2 is 2.10 bits per heavy atom. The Labute approximate surface area is 65.0 Å². The van der Waals surface area contributed by atoms with Crippen molar-refractivity contribution in [2.24, 2.45) is 7.05 Å². The Bertz CT molecular complexity index is 229. The molecule has 0 saturated carbocycles. The van der Waals surface area contributed by atoms with Crippen molar-refractivity contribution in [1.29, 1.82) is 0 Å². The lowest BCUT2D eigenvalue weighted by Gasteiger charge is -1.97. The second-order valence-electron chi connectivity index (χ2n) is 2.54. The Morgan fingerprint density at radius 3 is 2.30 bits per heavy atom. The molecule has 0 aliphatic heterocycles. The van der Waals surface area contributed by atoms with E-state index in [-0.39, 0.29) is 0 Å². The molecule has 1 aromatic rings. The highest BCUT2D eigenvalue weighted by Crippen LogP contribution is 2.19. The first-order valence-electron chi connectivity index (χ1n) is 3.18. The molecular weight excluding hydrogens is 150 g/mol. The molecule has 0 unspecified atom stereocenters. The highest BCUT2D eigenvalue weighted by molar-refractivity contribution is 6.30. The molecule has 56 valence electrons. The van der Waals surface area contributed by atoms with Gasteiger partial charge < -0.3 is 0 Å². The second kappa shape index (κ2) is 2.58. The lowest BCUT2D eigenvalue weighted by molar-refractivity contribution is 0.711. The molecule has 0 N–H and O–H groups in total. The summed E-state index contributed by atoms with van der Waals surface area (Å²) < 4.78 is 1.57. The van der Waals surface area contributed by atoms with Crippen LogP contribution in [0.1, 0.15) is 25.5 Å². The summed E-state index contributed by atoms with van der Waals surface area (Å²) in [6.07, 6.45) is 0. The van der Waals surface area contributed by atoms with E-state index in [0.717, 1.165) is 5.69 Å². The maximum absolute atomic E-state index is 5.84. The molecule has 0 aromatic carbocycles.